The Balaban J connectivity index is 1.48. The van der Waals surface area contributed by atoms with Gasteiger partial charge in [0.15, 0.2) is 0 Å². The van der Waals surface area contributed by atoms with Gasteiger partial charge in [0.1, 0.15) is 25.0 Å². The van der Waals surface area contributed by atoms with E-state index in [0.29, 0.717) is 15.7 Å². The second kappa shape index (κ2) is 13.4. The number of rotatable bonds is 8. The van der Waals surface area contributed by atoms with Crippen molar-refractivity contribution in [1.29, 1.82) is 0 Å². The Morgan fingerprint density at radius 2 is 1.40 bits per heavy atom. The van der Waals surface area contributed by atoms with E-state index in [4.69, 9.17) is 14.2 Å². The molecule has 2 heterocycles. The van der Waals surface area contributed by atoms with Crippen molar-refractivity contribution in [2.24, 2.45) is 0 Å². The highest BCUT2D eigenvalue weighted by atomic mass is 79.9. The molecule has 0 spiro atoms. The predicted molar refractivity (Wildman–Crippen MR) is 160 cm³/mol. The summed E-state index contributed by atoms with van der Waals surface area (Å²) in [4.78, 5) is 67.1. The molecular weight excluding hydrogens is 620 g/mol. The normalized spacial score (nSPS) is 17.9. The van der Waals surface area contributed by atoms with E-state index in [0.717, 1.165) is 4.57 Å². The van der Waals surface area contributed by atoms with E-state index in [1.165, 1.54) is 29.4 Å². The molecule has 0 unspecified atom stereocenters. The van der Waals surface area contributed by atoms with Gasteiger partial charge in [-0.25, -0.2) is 14.4 Å². The zero-order valence-corrected chi connectivity index (χ0v) is 24.2. The minimum atomic E-state index is -1.07. The van der Waals surface area contributed by atoms with Gasteiger partial charge in [-0.15, -0.1) is 0 Å². The molecule has 1 aliphatic heterocycles. The molecule has 218 valence electrons. The maximum Gasteiger partial charge on any atom is 0.340 e. The molecule has 1 aliphatic rings. The van der Waals surface area contributed by atoms with Gasteiger partial charge in [0.2, 0.25) is 0 Å². The third-order valence-corrected chi connectivity index (χ3v) is 7.02. The number of benzene rings is 3. The van der Waals surface area contributed by atoms with Crippen LogP contribution in [0.5, 0.6) is 0 Å². The molecule has 4 aromatic rings. The summed E-state index contributed by atoms with van der Waals surface area (Å²) >= 11 is 3.14. The summed E-state index contributed by atoms with van der Waals surface area (Å²) in [6.45, 7) is -0.289. The first-order chi connectivity index (χ1) is 20.9. The van der Waals surface area contributed by atoms with Gasteiger partial charge in [0, 0.05) is 18.2 Å². The standard InChI is InChI=1S/C32H25BrN2O8/c33-17-16-24-19-34(32(40)35(29(24)37)28(36)21-10-4-1-5-11-21)27-18-25(43-31(39)23-14-8-3-9-15-23)26(42-27)20-41-30(38)22-12-6-2-7-13-22/h1-17,19,25-27H,18,20H2/t25-,26+,27+/m0/s1. The summed E-state index contributed by atoms with van der Waals surface area (Å²) < 4.78 is 19.0. The van der Waals surface area contributed by atoms with Crippen molar-refractivity contribution in [2.45, 2.75) is 24.9 Å². The van der Waals surface area contributed by atoms with Gasteiger partial charge in [0.05, 0.1) is 16.7 Å². The number of esters is 2. The summed E-state index contributed by atoms with van der Waals surface area (Å²) in [5.74, 6) is -2.05. The highest BCUT2D eigenvalue weighted by Crippen LogP contribution is 2.31. The Morgan fingerprint density at radius 1 is 0.837 bits per heavy atom. The number of halogens is 1. The van der Waals surface area contributed by atoms with E-state index < -0.39 is 47.5 Å². The molecule has 10 nitrogen and oxygen atoms in total. The van der Waals surface area contributed by atoms with Crippen LogP contribution in [0.25, 0.3) is 6.08 Å². The molecular formula is C32H25BrN2O8. The summed E-state index contributed by atoms with van der Waals surface area (Å²) in [5.41, 5.74) is -0.962. The van der Waals surface area contributed by atoms with Crippen LogP contribution < -0.4 is 11.2 Å². The number of carbonyl (C=O) groups excluding carboxylic acids is 3. The molecule has 0 N–H and O–H groups in total. The summed E-state index contributed by atoms with van der Waals surface area (Å²) in [6, 6.07) is 24.6. The SMILES string of the molecule is O=C(OC[C@H]1O[C@@H](n2cc(C=CBr)c(=O)n(C(=O)c3ccccc3)c2=O)C[C@@H]1OC(=O)c1ccccc1)c1ccccc1. The lowest BCUT2D eigenvalue weighted by atomic mass is 10.1. The quantitative estimate of drug-likeness (QED) is 0.258. The molecule has 1 aromatic heterocycles. The third kappa shape index (κ3) is 6.63. The Labute approximate surface area is 253 Å². The molecule has 3 aromatic carbocycles. The Bertz CT molecular complexity index is 1770. The van der Waals surface area contributed by atoms with Gasteiger partial charge in [-0.2, -0.15) is 4.57 Å². The number of carbonyl (C=O) groups is 3. The van der Waals surface area contributed by atoms with E-state index in [1.54, 1.807) is 78.9 Å². The van der Waals surface area contributed by atoms with Gasteiger partial charge >= 0.3 is 17.6 Å². The van der Waals surface area contributed by atoms with Crippen molar-refractivity contribution in [3.63, 3.8) is 0 Å². The van der Waals surface area contributed by atoms with Crippen molar-refractivity contribution < 1.29 is 28.6 Å². The van der Waals surface area contributed by atoms with E-state index in [9.17, 15) is 24.0 Å². The lowest BCUT2D eigenvalue weighted by molar-refractivity contribution is -0.0584. The molecule has 43 heavy (non-hydrogen) atoms. The van der Waals surface area contributed by atoms with Crippen LogP contribution in [0.4, 0.5) is 0 Å². The molecule has 0 saturated carbocycles. The van der Waals surface area contributed by atoms with Crippen LogP contribution in [0.15, 0.2) is 112 Å². The first-order valence-electron chi connectivity index (χ1n) is 13.3. The van der Waals surface area contributed by atoms with E-state index in [1.807, 2.05) is 0 Å². The molecule has 0 aliphatic carbocycles. The Hall–Kier alpha value is -4.87. The smallest absolute Gasteiger partial charge is 0.340 e. The molecule has 0 amide bonds. The largest absolute Gasteiger partial charge is 0.459 e. The first-order valence-corrected chi connectivity index (χ1v) is 14.2. The van der Waals surface area contributed by atoms with Crippen LogP contribution in [0, 0.1) is 0 Å². The van der Waals surface area contributed by atoms with Crippen molar-refractivity contribution in [2.75, 3.05) is 6.61 Å². The van der Waals surface area contributed by atoms with Gasteiger partial charge in [0.25, 0.3) is 11.5 Å². The van der Waals surface area contributed by atoms with Crippen LogP contribution in [0.1, 0.15) is 49.3 Å². The lowest BCUT2D eigenvalue weighted by Crippen LogP contribution is -2.45. The van der Waals surface area contributed by atoms with Crippen LogP contribution >= 0.6 is 15.9 Å². The summed E-state index contributed by atoms with van der Waals surface area (Å²) in [6.07, 6.45) is -0.323. The predicted octanol–water partition coefficient (Wildman–Crippen LogP) is 4.43. The Morgan fingerprint density at radius 3 is 1.98 bits per heavy atom. The summed E-state index contributed by atoms with van der Waals surface area (Å²) in [7, 11) is 0. The highest BCUT2D eigenvalue weighted by molar-refractivity contribution is 9.11. The van der Waals surface area contributed by atoms with Gasteiger partial charge in [-0.1, -0.05) is 70.5 Å². The van der Waals surface area contributed by atoms with E-state index >= 15 is 0 Å². The fourth-order valence-corrected chi connectivity index (χ4v) is 4.89. The first kappa shape index (κ1) is 29.6. The maximum absolute atomic E-state index is 13.7. The van der Waals surface area contributed by atoms with E-state index in [2.05, 4.69) is 15.9 Å². The Kier molecular flexibility index (Phi) is 9.23. The number of aromatic nitrogens is 2. The number of hydrogen-bond donors (Lipinski definition) is 0. The van der Waals surface area contributed by atoms with Crippen LogP contribution in [-0.2, 0) is 14.2 Å². The third-order valence-electron chi connectivity index (χ3n) is 6.75. The maximum atomic E-state index is 13.7. The number of hydrogen-bond acceptors (Lipinski definition) is 8. The van der Waals surface area contributed by atoms with Gasteiger partial charge < -0.3 is 14.2 Å². The minimum absolute atomic E-state index is 0.0266. The van der Waals surface area contributed by atoms with E-state index in [-0.39, 0.29) is 24.2 Å². The molecule has 3 atom stereocenters. The molecule has 0 bridgehead atoms. The monoisotopic (exact) mass is 644 g/mol. The van der Waals surface area contributed by atoms with Crippen molar-refractivity contribution in [1.82, 2.24) is 9.13 Å². The molecule has 0 radical (unpaired) electrons. The number of ether oxygens (including phenoxy) is 3. The van der Waals surface area contributed by atoms with Gasteiger partial charge in [-0.05, 0) is 47.5 Å². The topological polar surface area (TPSA) is 123 Å². The zero-order valence-electron chi connectivity index (χ0n) is 22.6. The second-order valence-electron chi connectivity index (χ2n) is 9.52. The zero-order chi connectivity index (χ0) is 30.3. The molecule has 5 rings (SSSR count). The molecule has 1 saturated heterocycles. The van der Waals surface area contributed by atoms with Crippen molar-refractivity contribution in [3.05, 3.63) is 145 Å². The van der Waals surface area contributed by atoms with Crippen molar-refractivity contribution >= 4 is 39.9 Å². The fourth-order valence-electron chi connectivity index (χ4n) is 4.61. The van der Waals surface area contributed by atoms with Crippen LogP contribution in [-0.4, -0.2) is 45.8 Å². The van der Waals surface area contributed by atoms with Gasteiger partial charge in [-0.3, -0.25) is 14.2 Å². The van der Waals surface area contributed by atoms with Crippen LogP contribution in [0.2, 0.25) is 0 Å². The molecule has 1 fully saturated rings. The highest BCUT2D eigenvalue weighted by Gasteiger charge is 2.41. The average Bonchev–Trinajstić information content (AvgIpc) is 3.44. The molecule has 11 heteroatoms. The van der Waals surface area contributed by atoms with Crippen LogP contribution in [0.3, 0.4) is 0 Å². The summed E-state index contributed by atoms with van der Waals surface area (Å²) in [5, 5.41) is 0. The average molecular weight is 645 g/mol. The van der Waals surface area contributed by atoms with Crippen molar-refractivity contribution in [3.8, 4) is 0 Å². The second-order valence-corrected chi connectivity index (χ2v) is 10.0. The minimum Gasteiger partial charge on any atom is -0.459 e. The lowest BCUT2D eigenvalue weighted by Gasteiger charge is -2.19. The fraction of sp³-hybridized carbons (Fsp3) is 0.156. The number of nitrogens with zero attached hydrogens (tertiary/aromatic N) is 2.